The molecule has 2 atom stereocenters. The maximum absolute atomic E-state index is 14.0. The Balaban J connectivity index is 1.51. The molecule has 2 heterocycles. The molecular weight excluding hydrogens is 508 g/mol. The lowest BCUT2D eigenvalue weighted by Crippen LogP contribution is -2.66. The van der Waals surface area contributed by atoms with E-state index in [9.17, 15) is 19.2 Å². The summed E-state index contributed by atoms with van der Waals surface area (Å²) in [6, 6.07) is 19.9. The predicted molar refractivity (Wildman–Crippen MR) is 150 cm³/mol. The molecule has 0 unspecified atom stereocenters. The number of benzene rings is 3. The number of hydrogen-bond acceptors (Lipinski definition) is 5. The number of hydrogen-bond donors (Lipinski definition) is 2. The number of carbonyl (C=O) groups excluding carboxylic acids is 4. The first-order valence-electron chi connectivity index (χ1n) is 13.0. The molecule has 5 rings (SSSR count). The summed E-state index contributed by atoms with van der Waals surface area (Å²) in [5.74, 6) is 2.08. The van der Waals surface area contributed by atoms with Crippen molar-refractivity contribution in [1.82, 2.24) is 25.1 Å². The molecule has 2 N–H and O–H groups in total. The van der Waals surface area contributed by atoms with Crippen molar-refractivity contribution in [3.05, 3.63) is 77.9 Å². The second-order valence-corrected chi connectivity index (χ2v) is 9.73. The molecule has 10 nitrogen and oxygen atoms in total. The molecule has 204 valence electrons. The minimum absolute atomic E-state index is 0.0234. The van der Waals surface area contributed by atoms with Gasteiger partial charge in [-0.2, -0.15) is 5.01 Å². The van der Waals surface area contributed by atoms with Gasteiger partial charge in [0, 0.05) is 25.7 Å². The fourth-order valence-electron chi connectivity index (χ4n) is 5.55. The minimum Gasteiger partial charge on any atom is -0.340 e. The highest BCUT2D eigenvalue weighted by Gasteiger charge is 2.52. The van der Waals surface area contributed by atoms with E-state index in [1.807, 2.05) is 54.6 Å². The number of piperazine rings is 1. The summed E-state index contributed by atoms with van der Waals surface area (Å²) in [6.07, 6.45) is 5.87. The lowest BCUT2D eigenvalue weighted by molar-refractivity contribution is -0.157. The second kappa shape index (κ2) is 11.5. The molecule has 5 amide bonds. The van der Waals surface area contributed by atoms with Crippen LogP contribution in [0.3, 0.4) is 0 Å². The van der Waals surface area contributed by atoms with Crippen LogP contribution in [0.15, 0.2) is 66.7 Å². The Labute approximate surface area is 232 Å². The lowest BCUT2D eigenvalue weighted by Gasteiger charge is -2.46. The summed E-state index contributed by atoms with van der Waals surface area (Å²) in [7, 11) is 1.50. The number of urea groups is 1. The highest BCUT2D eigenvalue weighted by atomic mass is 16.2. The molecule has 2 saturated heterocycles. The Kier molecular flexibility index (Phi) is 7.66. The molecule has 0 aromatic heterocycles. The van der Waals surface area contributed by atoms with Crippen LogP contribution in [-0.2, 0) is 27.3 Å². The average Bonchev–Trinajstić information content (AvgIpc) is 3.29. The van der Waals surface area contributed by atoms with Crippen molar-refractivity contribution in [2.24, 2.45) is 0 Å². The van der Waals surface area contributed by atoms with Gasteiger partial charge in [0.15, 0.2) is 0 Å². The maximum atomic E-state index is 14.0. The molecular formula is C30H30N6O4. The highest BCUT2D eigenvalue weighted by Crippen LogP contribution is 2.31. The van der Waals surface area contributed by atoms with Crippen LogP contribution in [0.4, 0.5) is 10.5 Å². The van der Waals surface area contributed by atoms with E-state index in [4.69, 9.17) is 6.42 Å². The van der Waals surface area contributed by atoms with E-state index < -0.39 is 18.2 Å². The summed E-state index contributed by atoms with van der Waals surface area (Å²) in [6.45, 7) is 0.461. The van der Waals surface area contributed by atoms with Crippen molar-refractivity contribution in [1.29, 1.82) is 0 Å². The molecule has 0 saturated carbocycles. The van der Waals surface area contributed by atoms with Gasteiger partial charge in [0.1, 0.15) is 12.2 Å². The van der Waals surface area contributed by atoms with Crippen LogP contribution in [0.1, 0.15) is 11.1 Å². The molecule has 40 heavy (non-hydrogen) atoms. The monoisotopic (exact) mass is 538 g/mol. The predicted octanol–water partition coefficient (Wildman–Crippen LogP) is 2.02. The summed E-state index contributed by atoms with van der Waals surface area (Å²) >= 11 is 0. The van der Waals surface area contributed by atoms with Crippen LogP contribution in [0.2, 0.25) is 0 Å². The number of terminal acetylenes is 1. The van der Waals surface area contributed by atoms with Crippen molar-refractivity contribution in [2.75, 3.05) is 32.0 Å². The van der Waals surface area contributed by atoms with Crippen LogP contribution in [0.25, 0.3) is 10.8 Å². The number of carbonyl (C=O) groups is 4. The largest absolute Gasteiger partial charge is 0.340 e. The van der Waals surface area contributed by atoms with Crippen LogP contribution in [0, 0.1) is 12.3 Å². The van der Waals surface area contributed by atoms with Crippen LogP contribution >= 0.6 is 0 Å². The van der Waals surface area contributed by atoms with Crippen LogP contribution < -0.4 is 10.6 Å². The summed E-state index contributed by atoms with van der Waals surface area (Å²) in [5, 5.41) is 10.3. The first-order chi connectivity index (χ1) is 19.4. The third kappa shape index (κ3) is 5.07. The lowest BCUT2D eigenvalue weighted by atomic mass is 9.98. The zero-order valence-corrected chi connectivity index (χ0v) is 22.1. The molecule has 10 heteroatoms. The molecule has 2 fully saturated rings. The highest BCUT2D eigenvalue weighted by molar-refractivity contribution is 5.92. The fraction of sp³-hybridized carbons (Fsp3) is 0.267. The normalized spacial score (nSPS) is 18.8. The van der Waals surface area contributed by atoms with E-state index in [-0.39, 0.29) is 37.9 Å². The Hall–Kier alpha value is -4.88. The third-order valence-electron chi connectivity index (χ3n) is 7.42. The van der Waals surface area contributed by atoms with E-state index >= 15 is 0 Å². The van der Waals surface area contributed by atoms with Crippen molar-refractivity contribution < 1.29 is 19.2 Å². The van der Waals surface area contributed by atoms with Gasteiger partial charge in [-0.05, 0) is 34.0 Å². The Morgan fingerprint density at radius 3 is 2.58 bits per heavy atom. The molecule has 0 radical (unpaired) electrons. The molecule has 2 aliphatic rings. The van der Waals surface area contributed by atoms with E-state index in [1.54, 1.807) is 26.9 Å². The van der Waals surface area contributed by atoms with Crippen LogP contribution in [0.5, 0.6) is 0 Å². The molecule has 2 aliphatic heterocycles. The Bertz CT molecular complexity index is 1480. The number of anilines is 1. The van der Waals surface area contributed by atoms with E-state index in [1.165, 1.54) is 12.1 Å². The third-order valence-corrected chi connectivity index (χ3v) is 7.42. The van der Waals surface area contributed by atoms with Gasteiger partial charge in [0.25, 0.3) is 0 Å². The van der Waals surface area contributed by atoms with Gasteiger partial charge in [0.2, 0.25) is 18.2 Å². The number of nitrogens with one attached hydrogen (secondary N) is 2. The molecule has 0 bridgehead atoms. The standard InChI is InChI=1S/C30H30N6O4/c1-3-15-34(30(40)31-2)35-19-28(38)36-26(16-21-11-13-24(14-12-21)32-20-37)29(39)33(18-27(35)36)17-23-9-6-8-22-7-4-5-10-25(22)23/h1,4-14,20,26-27H,15-19H2,2H3,(H,31,40)(H,32,37)/t26-,27+/m0/s1. The number of hydrazine groups is 1. The second-order valence-electron chi connectivity index (χ2n) is 9.73. The quantitative estimate of drug-likeness (QED) is 0.337. The molecule has 3 aromatic carbocycles. The summed E-state index contributed by atoms with van der Waals surface area (Å²) in [5.41, 5.74) is 2.45. The Morgan fingerprint density at radius 1 is 1.10 bits per heavy atom. The topological polar surface area (TPSA) is 105 Å². The zero-order chi connectivity index (χ0) is 28.2. The Morgan fingerprint density at radius 2 is 1.85 bits per heavy atom. The average molecular weight is 539 g/mol. The number of nitrogens with zero attached hydrogens (tertiary/aromatic N) is 4. The van der Waals surface area contributed by atoms with Gasteiger partial charge in [0.05, 0.1) is 19.6 Å². The molecule has 0 aliphatic carbocycles. The van der Waals surface area contributed by atoms with E-state index in [0.29, 0.717) is 18.6 Å². The number of fused-ring (bicyclic) bond motifs is 2. The van der Waals surface area contributed by atoms with Crippen molar-refractivity contribution in [2.45, 2.75) is 25.2 Å². The van der Waals surface area contributed by atoms with Gasteiger partial charge in [-0.1, -0.05) is 60.5 Å². The van der Waals surface area contributed by atoms with Crippen molar-refractivity contribution in [3.63, 3.8) is 0 Å². The van der Waals surface area contributed by atoms with Gasteiger partial charge in [-0.25, -0.2) is 9.80 Å². The van der Waals surface area contributed by atoms with Crippen LogP contribution in [-0.4, -0.2) is 83.0 Å². The zero-order valence-electron chi connectivity index (χ0n) is 22.1. The molecule has 0 spiro atoms. The summed E-state index contributed by atoms with van der Waals surface area (Å²) < 4.78 is 0. The first-order valence-corrected chi connectivity index (χ1v) is 13.0. The minimum atomic E-state index is -0.784. The van der Waals surface area contributed by atoms with E-state index in [2.05, 4.69) is 16.6 Å². The smallest absolute Gasteiger partial charge is 0.332 e. The number of amides is 5. The van der Waals surface area contributed by atoms with Gasteiger partial charge in [-0.3, -0.25) is 14.4 Å². The maximum Gasteiger partial charge on any atom is 0.332 e. The van der Waals surface area contributed by atoms with Crippen molar-refractivity contribution >= 4 is 40.7 Å². The van der Waals surface area contributed by atoms with Gasteiger partial charge >= 0.3 is 6.03 Å². The van der Waals surface area contributed by atoms with Gasteiger partial charge < -0.3 is 20.4 Å². The van der Waals surface area contributed by atoms with E-state index in [0.717, 1.165) is 21.9 Å². The fourth-order valence-corrected chi connectivity index (χ4v) is 5.55. The first kappa shape index (κ1) is 26.7. The number of rotatable bonds is 8. The molecule has 3 aromatic rings. The van der Waals surface area contributed by atoms with Gasteiger partial charge in [-0.15, -0.1) is 6.42 Å². The van der Waals surface area contributed by atoms with Crippen molar-refractivity contribution in [3.8, 4) is 12.3 Å². The SMILES string of the molecule is C#CCN(C(=O)NC)N1CC(=O)N2[C@@H](Cc3ccc(NC=O)cc3)C(=O)N(Cc3cccc4ccccc34)C[C@@H]21. The summed E-state index contributed by atoms with van der Waals surface area (Å²) in [4.78, 5) is 54.4.